The van der Waals surface area contributed by atoms with Gasteiger partial charge < -0.3 is 19.3 Å². The van der Waals surface area contributed by atoms with Gasteiger partial charge in [-0.25, -0.2) is 4.79 Å². The van der Waals surface area contributed by atoms with Crippen LogP contribution in [0.25, 0.3) is 10.8 Å². The molecule has 6 nitrogen and oxygen atoms in total. The minimum Gasteiger partial charge on any atom is -0.478 e. The van der Waals surface area contributed by atoms with E-state index in [-0.39, 0.29) is 6.61 Å². The molecule has 1 saturated heterocycles. The van der Waals surface area contributed by atoms with Gasteiger partial charge in [0.1, 0.15) is 12.4 Å². The van der Waals surface area contributed by atoms with Gasteiger partial charge in [0.2, 0.25) is 0 Å². The molecule has 2 heterocycles. The van der Waals surface area contributed by atoms with Gasteiger partial charge >= 0.3 is 12.1 Å². The number of hydrogen-bond donors (Lipinski definition) is 0. The molecule has 2 aliphatic rings. The minimum absolute atomic E-state index is 0.277. The van der Waals surface area contributed by atoms with Crippen LogP contribution in [0.15, 0.2) is 88.7 Å². The zero-order valence-corrected chi connectivity index (χ0v) is 27.0. The lowest BCUT2D eigenvalue weighted by Gasteiger charge is -2.36. The van der Waals surface area contributed by atoms with Gasteiger partial charge in [-0.3, -0.25) is 4.90 Å². The standard InChI is InChI=1S/C35H35ClF3N3O3S/c1-24(45-31-13-12-28(36)26-7-2-3-8-27(26)31)34(43)44-22-21-41-19-17-40(18-20-41)15-6-16-42-29-9-4-5-10-32(29)46-33-14-11-25(23-30(33)42)35(37,38)39/h2-5,7-14,23-24H,6,15-22H2,1H3. The highest BCUT2D eigenvalue weighted by Crippen LogP contribution is 2.49. The average molecular weight is 670 g/mol. The summed E-state index contributed by atoms with van der Waals surface area (Å²) < 4.78 is 52.1. The van der Waals surface area contributed by atoms with E-state index in [1.165, 1.54) is 17.8 Å². The molecule has 6 rings (SSSR count). The molecule has 242 valence electrons. The van der Waals surface area contributed by atoms with E-state index in [4.69, 9.17) is 21.1 Å². The number of anilines is 2. The quantitative estimate of drug-likeness (QED) is 0.158. The monoisotopic (exact) mass is 669 g/mol. The summed E-state index contributed by atoms with van der Waals surface area (Å²) in [6.07, 6.45) is -4.34. The molecule has 4 aromatic rings. The summed E-state index contributed by atoms with van der Waals surface area (Å²) in [5, 5.41) is 2.33. The summed E-state index contributed by atoms with van der Waals surface area (Å²) >= 11 is 7.81. The first-order valence-electron chi connectivity index (χ1n) is 15.4. The Morgan fingerprint density at radius 3 is 2.28 bits per heavy atom. The number of carbonyl (C=O) groups excluding carboxylic acids is 1. The molecule has 1 atom stereocenters. The Balaban J connectivity index is 0.951. The number of piperazine rings is 1. The number of ether oxygens (including phenoxy) is 2. The van der Waals surface area contributed by atoms with Crippen molar-refractivity contribution in [1.29, 1.82) is 0 Å². The number of fused-ring (bicyclic) bond motifs is 3. The van der Waals surface area contributed by atoms with E-state index in [2.05, 4.69) is 9.80 Å². The van der Waals surface area contributed by atoms with Crippen LogP contribution in [0.1, 0.15) is 18.9 Å². The molecule has 0 radical (unpaired) electrons. The Morgan fingerprint density at radius 1 is 0.848 bits per heavy atom. The summed E-state index contributed by atoms with van der Waals surface area (Å²) in [4.78, 5) is 21.2. The number of carbonyl (C=O) groups is 1. The van der Waals surface area contributed by atoms with Gasteiger partial charge in [0.05, 0.1) is 16.9 Å². The zero-order valence-electron chi connectivity index (χ0n) is 25.4. The van der Waals surface area contributed by atoms with E-state index < -0.39 is 23.8 Å². The molecular formula is C35H35ClF3N3O3S. The maximum absolute atomic E-state index is 13.5. The highest BCUT2D eigenvalue weighted by molar-refractivity contribution is 7.99. The molecule has 0 aliphatic carbocycles. The number of hydrogen-bond acceptors (Lipinski definition) is 7. The second kappa shape index (κ2) is 14.1. The van der Waals surface area contributed by atoms with Crippen molar-refractivity contribution < 1.29 is 27.4 Å². The van der Waals surface area contributed by atoms with E-state index in [0.717, 1.165) is 71.5 Å². The van der Waals surface area contributed by atoms with E-state index in [0.29, 0.717) is 29.5 Å². The number of halogens is 4. The summed E-state index contributed by atoms with van der Waals surface area (Å²) in [6, 6.07) is 23.0. The Labute approximate surface area is 276 Å². The first-order chi connectivity index (χ1) is 22.2. The fourth-order valence-corrected chi connectivity index (χ4v) is 7.21. The summed E-state index contributed by atoms with van der Waals surface area (Å²) in [5.41, 5.74) is 0.925. The largest absolute Gasteiger partial charge is 0.478 e. The first kappa shape index (κ1) is 32.5. The van der Waals surface area contributed by atoms with Crippen LogP contribution in [-0.2, 0) is 15.7 Å². The molecule has 1 unspecified atom stereocenters. The fourth-order valence-electron chi connectivity index (χ4n) is 5.90. The van der Waals surface area contributed by atoms with Gasteiger partial charge in [0.25, 0.3) is 0 Å². The SMILES string of the molecule is CC(Oc1ccc(Cl)c2ccccc12)C(=O)OCCN1CCN(CCCN2c3ccccc3Sc3ccc(C(F)(F)F)cc32)CC1. The second-order valence-corrected chi connectivity index (χ2v) is 12.9. The molecule has 0 amide bonds. The third-order valence-electron chi connectivity index (χ3n) is 8.39. The topological polar surface area (TPSA) is 45.3 Å². The van der Waals surface area contributed by atoms with Gasteiger partial charge in [0, 0.05) is 64.9 Å². The van der Waals surface area contributed by atoms with E-state index in [9.17, 15) is 18.0 Å². The molecule has 4 aromatic carbocycles. The number of esters is 1. The Bertz CT molecular complexity index is 1700. The molecule has 1 fully saturated rings. The van der Waals surface area contributed by atoms with E-state index in [1.54, 1.807) is 25.1 Å². The average Bonchev–Trinajstić information content (AvgIpc) is 3.05. The van der Waals surface area contributed by atoms with Crippen LogP contribution in [0, 0.1) is 0 Å². The number of para-hydroxylation sites is 1. The predicted octanol–water partition coefficient (Wildman–Crippen LogP) is 8.13. The van der Waals surface area contributed by atoms with Crippen LogP contribution in [0.3, 0.4) is 0 Å². The first-order valence-corrected chi connectivity index (χ1v) is 16.6. The second-order valence-electron chi connectivity index (χ2n) is 11.5. The van der Waals surface area contributed by atoms with Crippen LogP contribution in [-0.4, -0.2) is 74.3 Å². The molecular weight excluding hydrogens is 635 g/mol. The molecule has 0 N–H and O–H groups in total. The van der Waals surface area contributed by atoms with Gasteiger partial charge in [-0.05, 0) is 62.4 Å². The smallest absolute Gasteiger partial charge is 0.416 e. The van der Waals surface area contributed by atoms with Crippen molar-refractivity contribution in [3.8, 4) is 5.75 Å². The number of nitrogens with zero attached hydrogens (tertiary/aromatic N) is 3. The van der Waals surface area contributed by atoms with Crippen molar-refractivity contribution >= 4 is 51.5 Å². The molecule has 2 aliphatic heterocycles. The van der Waals surface area contributed by atoms with Crippen LogP contribution in [0.4, 0.5) is 24.5 Å². The molecule has 0 spiro atoms. The van der Waals surface area contributed by atoms with Crippen LogP contribution >= 0.6 is 23.4 Å². The van der Waals surface area contributed by atoms with Gasteiger partial charge in [0.15, 0.2) is 6.10 Å². The molecule has 11 heteroatoms. The van der Waals surface area contributed by atoms with Gasteiger partial charge in [-0.15, -0.1) is 0 Å². The summed E-state index contributed by atoms with van der Waals surface area (Å²) in [5.74, 6) is 0.165. The van der Waals surface area contributed by atoms with Crippen molar-refractivity contribution in [3.63, 3.8) is 0 Å². The third kappa shape index (κ3) is 7.41. The number of rotatable bonds is 10. The fraction of sp³-hybridized carbons (Fsp3) is 0.343. The zero-order chi connectivity index (χ0) is 32.3. The highest BCUT2D eigenvalue weighted by atomic mass is 35.5. The molecule has 46 heavy (non-hydrogen) atoms. The summed E-state index contributed by atoms with van der Waals surface area (Å²) in [7, 11) is 0. The molecule has 0 saturated carbocycles. The van der Waals surface area contributed by atoms with E-state index in [1.807, 2.05) is 53.4 Å². The number of alkyl halides is 3. The van der Waals surface area contributed by atoms with Crippen molar-refractivity contribution in [1.82, 2.24) is 9.80 Å². The van der Waals surface area contributed by atoms with Crippen LogP contribution < -0.4 is 9.64 Å². The van der Waals surface area contributed by atoms with Crippen molar-refractivity contribution in [2.75, 3.05) is 57.3 Å². The Kier molecular flexibility index (Phi) is 9.98. The van der Waals surface area contributed by atoms with Crippen molar-refractivity contribution in [2.45, 2.75) is 35.4 Å². The maximum atomic E-state index is 13.5. The highest BCUT2D eigenvalue weighted by Gasteiger charge is 2.33. The third-order valence-corrected chi connectivity index (χ3v) is 9.85. The Hall–Kier alpha value is -3.44. The maximum Gasteiger partial charge on any atom is 0.416 e. The van der Waals surface area contributed by atoms with E-state index >= 15 is 0 Å². The van der Waals surface area contributed by atoms with Gasteiger partial charge in [-0.2, -0.15) is 13.2 Å². The minimum atomic E-state index is -4.39. The predicted molar refractivity (Wildman–Crippen MR) is 177 cm³/mol. The number of benzene rings is 4. The lowest BCUT2D eigenvalue weighted by atomic mass is 10.1. The van der Waals surface area contributed by atoms with Crippen LogP contribution in [0.2, 0.25) is 5.02 Å². The lowest BCUT2D eigenvalue weighted by molar-refractivity contribution is -0.151. The normalized spacial score (nSPS) is 16.2. The Morgan fingerprint density at radius 2 is 1.52 bits per heavy atom. The molecule has 0 bridgehead atoms. The van der Waals surface area contributed by atoms with Crippen molar-refractivity contribution in [2.24, 2.45) is 0 Å². The van der Waals surface area contributed by atoms with Crippen LogP contribution in [0.5, 0.6) is 5.75 Å². The summed E-state index contributed by atoms with van der Waals surface area (Å²) in [6.45, 7) is 7.50. The van der Waals surface area contributed by atoms with Gasteiger partial charge in [-0.1, -0.05) is 59.8 Å². The lowest BCUT2D eigenvalue weighted by Crippen LogP contribution is -2.48. The molecule has 0 aromatic heterocycles. The van der Waals surface area contributed by atoms with Crippen molar-refractivity contribution in [3.05, 3.63) is 89.4 Å².